The summed E-state index contributed by atoms with van der Waals surface area (Å²) in [6.45, 7) is 0.368. The topological polar surface area (TPSA) is 38.8 Å². The third-order valence-electron chi connectivity index (χ3n) is 3.27. The standard InChI is InChI=1S/C17H17BrClNO3/c1-20(10-12-5-3-4-6-15(12)22-2)17(21)11-23-16-8-7-13(18)9-14(16)19/h3-9H,10-11H2,1-2H3. The average molecular weight is 399 g/mol. The van der Waals surface area contributed by atoms with E-state index in [1.165, 1.54) is 0 Å². The summed E-state index contributed by atoms with van der Waals surface area (Å²) in [4.78, 5) is 13.8. The summed E-state index contributed by atoms with van der Waals surface area (Å²) in [5, 5.41) is 0.458. The molecule has 0 aromatic heterocycles. The van der Waals surface area contributed by atoms with Crippen molar-refractivity contribution in [2.75, 3.05) is 20.8 Å². The third kappa shape index (κ3) is 4.88. The minimum absolute atomic E-state index is 0.0764. The summed E-state index contributed by atoms with van der Waals surface area (Å²) in [5.74, 6) is 1.09. The summed E-state index contributed by atoms with van der Waals surface area (Å²) < 4.78 is 11.6. The maximum atomic E-state index is 12.2. The van der Waals surface area contributed by atoms with Crippen molar-refractivity contribution in [2.24, 2.45) is 0 Å². The summed E-state index contributed by atoms with van der Waals surface area (Å²) in [6, 6.07) is 12.8. The summed E-state index contributed by atoms with van der Waals surface area (Å²) in [6.07, 6.45) is 0. The smallest absolute Gasteiger partial charge is 0.260 e. The molecular weight excluding hydrogens is 382 g/mol. The van der Waals surface area contributed by atoms with Crippen LogP contribution in [0.3, 0.4) is 0 Å². The van der Waals surface area contributed by atoms with Gasteiger partial charge in [0.25, 0.3) is 5.91 Å². The SMILES string of the molecule is COc1ccccc1CN(C)C(=O)COc1ccc(Br)cc1Cl. The van der Waals surface area contributed by atoms with Crippen LogP contribution in [0.2, 0.25) is 5.02 Å². The molecule has 2 aromatic carbocycles. The molecule has 0 unspecified atom stereocenters. The first kappa shape index (κ1) is 17.6. The van der Waals surface area contributed by atoms with Crippen LogP contribution in [-0.2, 0) is 11.3 Å². The Labute approximate surface area is 149 Å². The van der Waals surface area contributed by atoms with E-state index in [0.717, 1.165) is 15.8 Å². The van der Waals surface area contributed by atoms with Gasteiger partial charge in [0, 0.05) is 23.6 Å². The van der Waals surface area contributed by atoms with Crippen LogP contribution < -0.4 is 9.47 Å². The molecule has 2 rings (SSSR count). The van der Waals surface area contributed by atoms with Crippen molar-refractivity contribution in [2.45, 2.75) is 6.54 Å². The molecule has 0 saturated carbocycles. The number of rotatable bonds is 6. The Morgan fingerprint density at radius 1 is 1.22 bits per heavy atom. The number of ether oxygens (including phenoxy) is 2. The van der Waals surface area contributed by atoms with Gasteiger partial charge in [-0.05, 0) is 24.3 Å². The van der Waals surface area contributed by atoms with Crippen LogP contribution in [0.15, 0.2) is 46.9 Å². The number of nitrogens with zero attached hydrogens (tertiary/aromatic N) is 1. The Hall–Kier alpha value is -1.72. The van der Waals surface area contributed by atoms with Crippen molar-refractivity contribution >= 4 is 33.4 Å². The highest BCUT2D eigenvalue weighted by Crippen LogP contribution is 2.27. The fourth-order valence-electron chi connectivity index (χ4n) is 2.02. The van der Waals surface area contributed by atoms with Gasteiger partial charge in [-0.3, -0.25) is 4.79 Å². The van der Waals surface area contributed by atoms with E-state index in [0.29, 0.717) is 17.3 Å². The summed E-state index contributed by atoms with van der Waals surface area (Å²) >= 11 is 9.39. The second kappa shape index (κ2) is 8.22. The Kier molecular flexibility index (Phi) is 6.30. The van der Waals surface area contributed by atoms with Gasteiger partial charge in [-0.15, -0.1) is 0 Å². The molecule has 0 radical (unpaired) electrons. The molecule has 0 N–H and O–H groups in total. The molecule has 23 heavy (non-hydrogen) atoms. The lowest BCUT2D eigenvalue weighted by molar-refractivity contribution is -0.132. The van der Waals surface area contributed by atoms with E-state index < -0.39 is 0 Å². The lowest BCUT2D eigenvalue weighted by atomic mass is 10.2. The Morgan fingerprint density at radius 2 is 1.96 bits per heavy atom. The van der Waals surface area contributed by atoms with Gasteiger partial charge < -0.3 is 14.4 Å². The first-order valence-corrected chi connectivity index (χ1v) is 8.12. The number of methoxy groups -OCH3 is 1. The van der Waals surface area contributed by atoms with Gasteiger partial charge in [0.1, 0.15) is 11.5 Å². The van der Waals surface area contributed by atoms with Crippen LogP contribution in [0, 0.1) is 0 Å². The fourth-order valence-corrected chi connectivity index (χ4v) is 2.75. The minimum Gasteiger partial charge on any atom is -0.496 e. The number of carbonyl (C=O) groups is 1. The number of likely N-dealkylation sites (N-methyl/N-ethyl adjacent to an activating group) is 1. The average Bonchev–Trinajstić information content (AvgIpc) is 2.54. The van der Waals surface area contributed by atoms with Crippen LogP contribution in [-0.4, -0.2) is 31.6 Å². The van der Waals surface area contributed by atoms with Crippen LogP contribution >= 0.6 is 27.5 Å². The number of halogens is 2. The Balaban J connectivity index is 1.95. The third-order valence-corrected chi connectivity index (χ3v) is 4.06. The van der Waals surface area contributed by atoms with Crippen LogP contribution in [0.25, 0.3) is 0 Å². The summed E-state index contributed by atoms with van der Waals surface area (Å²) in [5.41, 5.74) is 0.938. The zero-order valence-corrected chi connectivity index (χ0v) is 15.2. The number of carbonyl (C=O) groups excluding carboxylic acids is 1. The predicted octanol–water partition coefficient (Wildman–Crippen LogP) is 4.15. The van der Waals surface area contributed by atoms with Crippen molar-refractivity contribution < 1.29 is 14.3 Å². The van der Waals surface area contributed by atoms with Gasteiger partial charge in [0.15, 0.2) is 6.61 Å². The molecule has 1 amide bonds. The van der Waals surface area contributed by atoms with E-state index >= 15 is 0 Å². The van der Waals surface area contributed by atoms with E-state index in [4.69, 9.17) is 21.1 Å². The van der Waals surface area contributed by atoms with E-state index in [2.05, 4.69) is 15.9 Å². The predicted molar refractivity (Wildman–Crippen MR) is 94.1 cm³/mol. The normalized spacial score (nSPS) is 10.3. The minimum atomic E-state index is -0.144. The molecule has 122 valence electrons. The Morgan fingerprint density at radius 3 is 2.65 bits per heavy atom. The highest BCUT2D eigenvalue weighted by molar-refractivity contribution is 9.10. The number of hydrogen-bond donors (Lipinski definition) is 0. The molecule has 0 aliphatic heterocycles. The molecule has 0 saturated heterocycles. The highest BCUT2D eigenvalue weighted by atomic mass is 79.9. The zero-order chi connectivity index (χ0) is 16.8. The monoisotopic (exact) mass is 397 g/mol. The van der Waals surface area contributed by atoms with Crippen molar-refractivity contribution in [1.29, 1.82) is 0 Å². The van der Waals surface area contributed by atoms with Gasteiger partial charge in [-0.2, -0.15) is 0 Å². The molecule has 0 heterocycles. The molecule has 6 heteroatoms. The molecule has 4 nitrogen and oxygen atoms in total. The van der Waals surface area contributed by atoms with Crippen molar-refractivity contribution in [3.8, 4) is 11.5 Å². The zero-order valence-electron chi connectivity index (χ0n) is 12.9. The molecular formula is C17H17BrClNO3. The first-order chi connectivity index (χ1) is 11.0. The maximum Gasteiger partial charge on any atom is 0.260 e. The maximum absolute atomic E-state index is 12.2. The van der Waals surface area contributed by atoms with Crippen LogP contribution in [0.4, 0.5) is 0 Å². The van der Waals surface area contributed by atoms with Crippen molar-refractivity contribution in [3.05, 3.63) is 57.5 Å². The van der Waals surface area contributed by atoms with Gasteiger partial charge in [-0.1, -0.05) is 45.7 Å². The largest absolute Gasteiger partial charge is 0.496 e. The van der Waals surface area contributed by atoms with Gasteiger partial charge in [0.2, 0.25) is 0 Å². The second-order valence-electron chi connectivity index (χ2n) is 4.93. The molecule has 0 bridgehead atoms. The molecule has 0 atom stereocenters. The van der Waals surface area contributed by atoms with Gasteiger partial charge in [-0.25, -0.2) is 0 Å². The van der Waals surface area contributed by atoms with E-state index in [9.17, 15) is 4.79 Å². The summed E-state index contributed by atoms with van der Waals surface area (Å²) in [7, 11) is 3.33. The number of amides is 1. The second-order valence-corrected chi connectivity index (χ2v) is 6.25. The quantitative estimate of drug-likeness (QED) is 0.734. The number of hydrogen-bond acceptors (Lipinski definition) is 3. The van der Waals surface area contributed by atoms with Crippen LogP contribution in [0.5, 0.6) is 11.5 Å². The lowest BCUT2D eigenvalue weighted by Gasteiger charge is -2.19. The number of para-hydroxylation sites is 1. The Bertz CT molecular complexity index is 693. The number of benzene rings is 2. The fraction of sp³-hybridized carbons (Fsp3) is 0.235. The lowest BCUT2D eigenvalue weighted by Crippen LogP contribution is -2.31. The van der Waals surface area contributed by atoms with Crippen LogP contribution in [0.1, 0.15) is 5.56 Å². The van der Waals surface area contributed by atoms with Crippen molar-refractivity contribution in [1.82, 2.24) is 4.90 Å². The van der Waals surface area contributed by atoms with E-state index in [-0.39, 0.29) is 12.5 Å². The first-order valence-electron chi connectivity index (χ1n) is 6.95. The van der Waals surface area contributed by atoms with Gasteiger partial charge in [0.05, 0.1) is 12.1 Å². The van der Waals surface area contributed by atoms with Crippen molar-refractivity contribution in [3.63, 3.8) is 0 Å². The van der Waals surface area contributed by atoms with E-state index in [1.54, 1.807) is 31.2 Å². The molecule has 2 aromatic rings. The molecule has 0 aliphatic carbocycles. The molecule has 0 aliphatic rings. The van der Waals surface area contributed by atoms with E-state index in [1.807, 2.05) is 30.3 Å². The highest BCUT2D eigenvalue weighted by Gasteiger charge is 2.13. The molecule has 0 spiro atoms. The molecule has 0 fully saturated rings. The van der Waals surface area contributed by atoms with Gasteiger partial charge >= 0.3 is 0 Å².